The van der Waals surface area contributed by atoms with E-state index in [9.17, 15) is 0 Å². The molecular formula is C16H26N2S. The van der Waals surface area contributed by atoms with Gasteiger partial charge in [-0.25, -0.2) is 0 Å². The van der Waals surface area contributed by atoms with Crippen LogP contribution in [0.3, 0.4) is 0 Å². The van der Waals surface area contributed by atoms with Crippen molar-refractivity contribution in [2.75, 3.05) is 31.1 Å². The summed E-state index contributed by atoms with van der Waals surface area (Å²) in [6.07, 6.45) is 1.13. The van der Waals surface area contributed by atoms with Gasteiger partial charge < -0.3 is 5.32 Å². The van der Waals surface area contributed by atoms with Gasteiger partial charge in [0, 0.05) is 30.6 Å². The molecule has 106 valence electrons. The summed E-state index contributed by atoms with van der Waals surface area (Å²) in [5.74, 6) is 2.56. The number of rotatable bonds is 6. The fourth-order valence-corrected chi connectivity index (χ4v) is 3.53. The van der Waals surface area contributed by atoms with Crippen molar-refractivity contribution < 1.29 is 0 Å². The van der Waals surface area contributed by atoms with Crippen molar-refractivity contribution >= 4 is 11.8 Å². The average Bonchev–Trinajstić information content (AvgIpc) is 2.44. The highest BCUT2D eigenvalue weighted by Gasteiger charge is 2.18. The van der Waals surface area contributed by atoms with Crippen molar-refractivity contribution in [2.24, 2.45) is 0 Å². The van der Waals surface area contributed by atoms with Crippen LogP contribution in [-0.4, -0.2) is 42.1 Å². The number of benzene rings is 1. The molecule has 3 heteroatoms. The average molecular weight is 278 g/mol. The quantitative estimate of drug-likeness (QED) is 0.806. The zero-order valence-electron chi connectivity index (χ0n) is 12.2. The van der Waals surface area contributed by atoms with Gasteiger partial charge in [0.25, 0.3) is 0 Å². The summed E-state index contributed by atoms with van der Waals surface area (Å²) in [6.45, 7) is 8.97. The molecule has 0 aliphatic carbocycles. The van der Waals surface area contributed by atoms with E-state index in [-0.39, 0.29) is 0 Å². The Bertz CT molecular complexity index is 364. The largest absolute Gasteiger partial charge is 0.317 e. The van der Waals surface area contributed by atoms with Crippen LogP contribution in [0.5, 0.6) is 0 Å². The maximum absolute atomic E-state index is 3.37. The Morgan fingerprint density at radius 2 is 2.00 bits per heavy atom. The topological polar surface area (TPSA) is 15.3 Å². The Balaban J connectivity index is 1.84. The molecule has 1 fully saturated rings. The predicted octanol–water partition coefficient (Wildman–Crippen LogP) is 2.78. The van der Waals surface area contributed by atoms with Crippen molar-refractivity contribution in [1.82, 2.24) is 10.2 Å². The molecule has 1 aliphatic rings. The zero-order chi connectivity index (χ0) is 13.5. The third-order valence-electron chi connectivity index (χ3n) is 3.75. The van der Waals surface area contributed by atoms with Gasteiger partial charge in [0.05, 0.1) is 0 Å². The van der Waals surface area contributed by atoms with E-state index < -0.39 is 0 Å². The summed E-state index contributed by atoms with van der Waals surface area (Å²) in [4.78, 5) is 2.60. The van der Waals surface area contributed by atoms with Gasteiger partial charge in [-0.3, -0.25) is 4.90 Å². The Hall–Kier alpha value is -0.510. The molecule has 1 aromatic rings. The Morgan fingerprint density at radius 1 is 1.26 bits per heavy atom. The SMILES string of the molecule is CCNCCc1ccc(CN2CCSCC2C)cc1. The molecule has 1 N–H and O–H groups in total. The smallest absolute Gasteiger partial charge is 0.0237 e. The lowest BCUT2D eigenvalue weighted by Gasteiger charge is -2.33. The summed E-state index contributed by atoms with van der Waals surface area (Å²) < 4.78 is 0. The van der Waals surface area contributed by atoms with Crippen LogP contribution in [-0.2, 0) is 13.0 Å². The van der Waals surface area contributed by atoms with Gasteiger partial charge in [-0.2, -0.15) is 11.8 Å². The molecular weight excluding hydrogens is 252 g/mol. The van der Waals surface area contributed by atoms with E-state index in [0.717, 1.165) is 26.1 Å². The van der Waals surface area contributed by atoms with E-state index in [0.29, 0.717) is 6.04 Å². The molecule has 0 spiro atoms. The second-order valence-electron chi connectivity index (χ2n) is 5.31. The van der Waals surface area contributed by atoms with Gasteiger partial charge in [0.1, 0.15) is 0 Å². The molecule has 2 rings (SSSR count). The van der Waals surface area contributed by atoms with Crippen LogP contribution in [0.15, 0.2) is 24.3 Å². The molecule has 1 aromatic carbocycles. The lowest BCUT2D eigenvalue weighted by atomic mass is 10.1. The molecule has 1 saturated heterocycles. The van der Waals surface area contributed by atoms with Gasteiger partial charge in [0.2, 0.25) is 0 Å². The molecule has 1 atom stereocenters. The molecule has 2 nitrogen and oxygen atoms in total. The van der Waals surface area contributed by atoms with Crippen LogP contribution >= 0.6 is 11.8 Å². The summed E-state index contributed by atoms with van der Waals surface area (Å²) >= 11 is 2.08. The van der Waals surface area contributed by atoms with E-state index in [2.05, 4.69) is 60.1 Å². The summed E-state index contributed by atoms with van der Waals surface area (Å²) in [7, 11) is 0. The van der Waals surface area contributed by atoms with Gasteiger partial charge in [-0.05, 0) is 37.6 Å². The van der Waals surface area contributed by atoms with Gasteiger partial charge in [-0.1, -0.05) is 31.2 Å². The molecule has 19 heavy (non-hydrogen) atoms. The minimum absolute atomic E-state index is 0.715. The Kier molecular flexibility index (Phi) is 6.21. The van der Waals surface area contributed by atoms with Crippen molar-refractivity contribution in [2.45, 2.75) is 32.9 Å². The van der Waals surface area contributed by atoms with Crippen LogP contribution < -0.4 is 5.32 Å². The van der Waals surface area contributed by atoms with Crippen LogP contribution in [0.2, 0.25) is 0 Å². The number of likely N-dealkylation sites (N-methyl/N-ethyl adjacent to an activating group) is 1. The molecule has 1 heterocycles. The first-order chi connectivity index (χ1) is 9.29. The van der Waals surface area contributed by atoms with Crippen LogP contribution in [0.1, 0.15) is 25.0 Å². The zero-order valence-corrected chi connectivity index (χ0v) is 13.0. The number of nitrogens with zero attached hydrogens (tertiary/aromatic N) is 1. The number of hydrogen-bond acceptors (Lipinski definition) is 3. The highest BCUT2D eigenvalue weighted by molar-refractivity contribution is 7.99. The van der Waals surface area contributed by atoms with E-state index in [1.807, 2.05) is 0 Å². The Labute approximate surface area is 122 Å². The van der Waals surface area contributed by atoms with Gasteiger partial charge in [-0.15, -0.1) is 0 Å². The van der Waals surface area contributed by atoms with Crippen LogP contribution in [0.4, 0.5) is 0 Å². The number of nitrogens with one attached hydrogen (secondary N) is 1. The maximum atomic E-state index is 3.37. The normalized spacial score (nSPS) is 20.6. The van der Waals surface area contributed by atoms with Gasteiger partial charge in [0.15, 0.2) is 0 Å². The first kappa shape index (κ1) is 14.9. The first-order valence-corrected chi connectivity index (χ1v) is 8.55. The highest BCUT2D eigenvalue weighted by atomic mass is 32.2. The molecule has 0 radical (unpaired) electrons. The van der Waals surface area contributed by atoms with E-state index in [1.165, 1.54) is 29.2 Å². The molecule has 0 amide bonds. The minimum atomic E-state index is 0.715. The summed E-state index contributed by atoms with van der Waals surface area (Å²) in [6, 6.07) is 9.89. The fourth-order valence-electron chi connectivity index (χ4n) is 2.45. The van der Waals surface area contributed by atoms with Gasteiger partial charge >= 0.3 is 0 Å². The van der Waals surface area contributed by atoms with Crippen molar-refractivity contribution in [1.29, 1.82) is 0 Å². The molecule has 0 aromatic heterocycles. The van der Waals surface area contributed by atoms with Crippen LogP contribution in [0.25, 0.3) is 0 Å². The fraction of sp³-hybridized carbons (Fsp3) is 0.625. The number of thioether (sulfide) groups is 1. The van der Waals surface area contributed by atoms with Crippen molar-refractivity contribution in [3.05, 3.63) is 35.4 Å². The molecule has 1 aliphatic heterocycles. The predicted molar refractivity (Wildman–Crippen MR) is 85.9 cm³/mol. The maximum Gasteiger partial charge on any atom is 0.0237 e. The lowest BCUT2D eigenvalue weighted by Crippen LogP contribution is -2.39. The van der Waals surface area contributed by atoms with E-state index in [1.54, 1.807) is 0 Å². The third-order valence-corrected chi connectivity index (χ3v) is 4.94. The first-order valence-electron chi connectivity index (χ1n) is 7.40. The van der Waals surface area contributed by atoms with Crippen molar-refractivity contribution in [3.63, 3.8) is 0 Å². The van der Waals surface area contributed by atoms with Crippen molar-refractivity contribution in [3.8, 4) is 0 Å². The van der Waals surface area contributed by atoms with E-state index >= 15 is 0 Å². The Morgan fingerprint density at radius 3 is 2.68 bits per heavy atom. The third kappa shape index (κ3) is 4.83. The standard InChI is InChI=1S/C16H26N2S/c1-3-17-9-8-15-4-6-16(7-5-15)12-18-10-11-19-13-14(18)2/h4-7,14,17H,3,8-13H2,1-2H3. The van der Waals surface area contributed by atoms with E-state index in [4.69, 9.17) is 0 Å². The monoisotopic (exact) mass is 278 g/mol. The lowest BCUT2D eigenvalue weighted by molar-refractivity contribution is 0.224. The minimum Gasteiger partial charge on any atom is -0.317 e. The summed E-state index contributed by atoms with van der Waals surface area (Å²) in [5, 5.41) is 3.37. The summed E-state index contributed by atoms with van der Waals surface area (Å²) in [5.41, 5.74) is 2.89. The molecule has 0 bridgehead atoms. The second-order valence-corrected chi connectivity index (χ2v) is 6.46. The molecule has 1 unspecified atom stereocenters. The van der Waals surface area contributed by atoms with Crippen LogP contribution in [0, 0.1) is 0 Å². The molecule has 0 saturated carbocycles. The highest BCUT2D eigenvalue weighted by Crippen LogP contribution is 2.18. The number of hydrogen-bond donors (Lipinski definition) is 1. The second kappa shape index (κ2) is 7.93.